The highest BCUT2D eigenvalue weighted by molar-refractivity contribution is 5.82. The smallest absolute Gasteiger partial charge is 0.317 e. The van der Waals surface area contributed by atoms with E-state index in [1.807, 2.05) is 30.0 Å². The van der Waals surface area contributed by atoms with Gasteiger partial charge in [-0.15, -0.1) is 5.10 Å². The van der Waals surface area contributed by atoms with Crippen molar-refractivity contribution < 1.29 is 4.79 Å². The van der Waals surface area contributed by atoms with Gasteiger partial charge in [0, 0.05) is 39.3 Å². The maximum Gasteiger partial charge on any atom is 0.317 e. The molecule has 1 N–H and O–H groups in total. The minimum absolute atomic E-state index is 0.0136. The molecule has 3 aromatic rings. The van der Waals surface area contributed by atoms with E-state index in [9.17, 15) is 4.79 Å². The molecular formula is C19H24N8O. The summed E-state index contributed by atoms with van der Waals surface area (Å²) in [5.41, 5.74) is 2.68. The molecule has 2 amide bonds. The number of aromatic nitrogens is 5. The number of carbonyl (C=O) groups is 1. The van der Waals surface area contributed by atoms with Crippen LogP contribution in [0.15, 0.2) is 36.7 Å². The van der Waals surface area contributed by atoms with Gasteiger partial charge in [-0.1, -0.05) is 35.5 Å². The van der Waals surface area contributed by atoms with Crippen LogP contribution in [0.25, 0.3) is 11.2 Å². The first-order valence-electron chi connectivity index (χ1n) is 9.62. The molecule has 3 heterocycles. The number of aryl methyl sites for hydroxylation is 1. The van der Waals surface area contributed by atoms with Gasteiger partial charge in [0.05, 0.1) is 0 Å². The molecule has 2 aromatic heterocycles. The van der Waals surface area contributed by atoms with Crippen molar-refractivity contribution in [2.75, 3.05) is 37.6 Å². The Bertz CT molecular complexity index is 934. The summed E-state index contributed by atoms with van der Waals surface area (Å²) in [6, 6.07) is 10.2. The van der Waals surface area contributed by atoms with E-state index in [2.05, 4.69) is 42.6 Å². The van der Waals surface area contributed by atoms with Crippen LogP contribution < -0.4 is 10.2 Å². The highest BCUT2D eigenvalue weighted by atomic mass is 16.2. The van der Waals surface area contributed by atoms with E-state index >= 15 is 0 Å². The van der Waals surface area contributed by atoms with E-state index in [0.717, 1.165) is 17.9 Å². The molecule has 1 saturated heterocycles. The SMILES string of the molecule is CCn1nnc2c(N3CCN(C(=O)NCCc4ccccc4)CC3)ncnc21. The molecule has 9 heteroatoms. The number of hydrogen-bond donors (Lipinski definition) is 1. The Labute approximate surface area is 163 Å². The minimum atomic E-state index is -0.0136. The van der Waals surface area contributed by atoms with Crippen LogP contribution in [0.4, 0.5) is 10.6 Å². The average molecular weight is 380 g/mol. The van der Waals surface area contributed by atoms with Crippen molar-refractivity contribution in [2.24, 2.45) is 0 Å². The predicted molar refractivity (Wildman–Crippen MR) is 106 cm³/mol. The molecule has 0 saturated carbocycles. The fraction of sp³-hybridized carbons (Fsp3) is 0.421. The van der Waals surface area contributed by atoms with Gasteiger partial charge < -0.3 is 15.1 Å². The fourth-order valence-electron chi connectivity index (χ4n) is 3.42. The summed E-state index contributed by atoms with van der Waals surface area (Å²) in [5, 5.41) is 11.4. The van der Waals surface area contributed by atoms with Gasteiger partial charge in [-0.3, -0.25) is 0 Å². The van der Waals surface area contributed by atoms with Crippen LogP contribution in [0.5, 0.6) is 0 Å². The number of urea groups is 1. The van der Waals surface area contributed by atoms with Crippen LogP contribution in [0.3, 0.4) is 0 Å². The molecule has 1 fully saturated rings. The Hall–Kier alpha value is -3.23. The highest BCUT2D eigenvalue weighted by Gasteiger charge is 2.24. The summed E-state index contributed by atoms with van der Waals surface area (Å²) < 4.78 is 1.76. The number of piperazine rings is 1. The van der Waals surface area contributed by atoms with Gasteiger partial charge in [-0.25, -0.2) is 19.4 Å². The standard InChI is InChI=1S/C19H24N8O/c1-2-27-18-16(23-24-27)17(21-14-22-18)25-10-12-26(13-11-25)19(28)20-9-8-15-6-4-3-5-7-15/h3-7,14H,2,8-13H2,1H3,(H,20,28). The lowest BCUT2D eigenvalue weighted by Crippen LogP contribution is -2.52. The largest absolute Gasteiger partial charge is 0.351 e. The molecule has 9 nitrogen and oxygen atoms in total. The molecule has 0 spiro atoms. The van der Waals surface area contributed by atoms with Gasteiger partial charge >= 0.3 is 6.03 Å². The number of anilines is 1. The molecule has 4 rings (SSSR count). The molecule has 0 radical (unpaired) electrons. The third-order valence-corrected chi connectivity index (χ3v) is 4.98. The predicted octanol–water partition coefficient (Wildman–Crippen LogP) is 1.32. The first-order chi connectivity index (χ1) is 13.8. The molecule has 28 heavy (non-hydrogen) atoms. The zero-order valence-corrected chi connectivity index (χ0v) is 16.0. The van der Waals surface area contributed by atoms with Crippen LogP contribution in [-0.4, -0.2) is 68.6 Å². The Balaban J connectivity index is 1.32. The summed E-state index contributed by atoms with van der Waals surface area (Å²) in [5.74, 6) is 0.786. The van der Waals surface area contributed by atoms with Crippen LogP contribution in [0, 0.1) is 0 Å². The topological polar surface area (TPSA) is 92.1 Å². The van der Waals surface area contributed by atoms with Crippen molar-refractivity contribution in [3.8, 4) is 0 Å². The van der Waals surface area contributed by atoms with E-state index < -0.39 is 0 Å². The Morgan fingerprint density at radius 3 is 2.64 bits per heavy atom. The maximum absolute atomic E-state index is 12.4. The number of benzene rings is 1. The zero-order chi connectivity index (χ0) is 19.3. The number of carbonyl (C=O) groups excluding carboxylic acids is 1. The van der Waals surface area contributed by atoms with Crippen LogP contribution in [0.2, 0.25) is 0 Å². The zero-order valence-electron chi connectivity index (χ0n) is 16.0. The van der Waals surface area contributed by atoms with E-state index in [-0.39, 0.29) is 6.03 Å². The van der Waals surface area contributed by atoms with Gasteiger partial charge in [-0.2, -0.15) is 0 Å². The van der Waals surface area contributed by atoms with E-state index in [1.54, 1.807) is 11.0 Å². The van der Waals surface area contributed by atoms with Crippen molar-refractivity contribution >= 4 is 23.0 Å². The van der Waals surface area contributed by atoms with Gasteiger partial charge in [0.15, 0.2) is 17.0 Å². The molecule has 0 atom stereocenters. The summed E-state index contributed by atoms with van der Waals surface area (Å²) in [6.45, 7) is 6.05. The third kappa shape index (κ3) is 3.73. The summed E-state index contributed by atoms with van der Waals surface area (Å²) in [6.07, 6.45) is 2.38. The lowest BCUT2D eigenvalue weighted by Gasteiger charge is -2.35. The molecular weight excluding hydrogens is 356 g/mol. The number of hydrogen-bond acceptors (Lipinski definition) is 6. The van der Waals surface area contributed by atoms with E-state index in [1.165, 1.54) is 5.56 Å². The first-order valence-corrected chi connectivity index (χ1v) is 9.62. The lowest BCUT2D eigenvalue weighted by molar-refractivity contribution is 0.194. The van der Waals surface area contributed by atoms with Crippen LogP contribution in [0.1, 0.15) is 12.5 Å². The molecule has 1 aromatic carbocycles. The Morgan fingerprint density at radius 1 is 1.11 bits per heavy atom. The minimum Gasteiger partial charge on any atom is -0.351 e. The second-order valence-corrected chi connectivity index (χ2v) is 6.72. The number of nitrogens with zero attached hydrogens (tertiary/aromatic N) is 7. The van der Waals surface area contributed by atoms with E-state index in [0.29, 0.717) is 44.8 Å². The van der Waals surface area contributed by atoms with Crippen molar-refractivity contribution in [1.82, 2.24) is 35.2 Å². The molecule has 1 aliphatic rings. The maximum atomic E-state index is 12.4. The van der Waals surface area contributed by atoms with Crippen LogP contribution >= 0.6 is 0 Å². The number of amides is 2. The number of fused-ring (bicyclic) bond motifs is 1. The van der Waals surface area contributed by atoms with Gasteiger partial charge in [0.1, 0.15) is 6.33 Å². The monoisotopic (exact) mass is 380 g/mol. The Kier molecular flexibility index (Phi) is 5.31. The van der Waals surface area contributed by atoms with Gasteiger partial charge in [0.2, 0.25) is 0 Å². The highest BCUT2D eigenvalue weighted by Crippen LogP contribution is 2.21. The molecule has 0 aliphatic carbocycles. The third-order valence-electron chi connectivity index (χ3n) is 4.98. The summed E-state index contributed by atoms with van der Waals surface area (Å²) in [7, 11) is 0. The number of rotatable bonds is 5. The van der Waals surface area contributed by atoms with Crippen molar-refractivity contribution in [3.63, 3.8) is 0 Å². The fourth-order valence-corrected chi connectivity index (χ4v) is 3.42. The summed E-state index contributed by atoms with van der Waals surface area (Å²) >= 11 is 0. The second-order valence-electron chi connectivity index (χ2n) is 6.72. The molecule has 146 valence electrons. The van der Waals surface area contributed by atoms with Crippen molar-refractivity contribution in [1.29, 1.82) is 0 Å². The molecule has 0 bridgehead atoms. The normalized spacial score (nSPS) is 14.5. The average Bonchev–Trinajstić information content (AvgIpc) is 3.18. The van der Waals surface area contributed by atoms with Crippen molar-refractivity contribution in [3.05, 3.63) is 42.2 Å². The lowest BCUT2D eigenvalue weighted by atomic mass is 10.1. The second kappa shape index (κ2) is 8.20. The van der Waals surface area contributed by atoms with Crippen LogP contribution in [-0.2, 0) is 13.0 Å². The van der Waals surface area contributed by atoms with Crippen molar-refractivity contribution in [2.45, 2.75) is 19.9 Å². The van der Waals surface area contributed by atoms with Gasteiger partial charge in [-0.05, 0) is 18.9 Å². The molecule has 1 aliphatic heterocycles. The summed E-state index contributed by atoms with van der Waals surface area (Å²) in [4.78, 5) is 25.1. The van der Waals surface area contributed by atoms with Gasteiger partial charge in [0.25, 0.3) is 0 Å². The quantitative estimate of drug-likeness (QED) is 0.718. The van der Waals surface area contributed by atoms with E-state index in [4.69, 9.17) is 0 Å². The molecule has 0 unspecified atom stereocenters. The Morgan fingerprint density at radius 2 is 1.89 bits per heavy atom. The first kappa shape index (κ1) is 18.1. The number of nitrogens with one attached hydrogen (secondary N) is 1.